The summed E-state index contributed by atoms with van der Waals surface area (Å²) in [4.78, 5) is 3.72. The Labute approximate surface area is 142 Å². The molecule has 2 aromatic carbocycles. The Hall–Kier alpha value is -2.11. The predicted octanol–water partition coefficient (Wildman–Crippen LogP) is 0.970. The average molecular weight is 331 g/mol. The lowest BCUT2D eigenvalue weighted by molar-refractivity contribution is -0.903. The van der Waals surface area contributed by atoms with Crippen molar-refractivity contribution in [2.45, 2.75) is 6.10 Å². The van der Waals surface area contributed by atoms with Crippen LogP contribution in [0.1, 0.15) is 0 Å². The number of benzene rings is 2. The summed E-state index contributed by atoms with van der Waals surface area (Å²) < 4.78 is 18.9. The largest absolute Gasteiger partial charge is 0.488 e. The molecule has 1 fully saturated rings. The van der Waals surface area contributed by atoms with Crippen LogP contribution in [0.25, 0.3) is 0 Å². The molecule has 0 saturated carbocycles. The minimum atomic E-state index is -0.595. The Morgan fingerprint density at radius 2 is 1.71 bits per heavy atom. The van der Waals surface area contributed by atoms with E-state index in [-0.39, 0.29) is 12.4 Å². The summed E-state index contributed by atoms with van der Waals surface area (Å²) in [6, 6.07) is 16.7. The molecule has 3 rings (SSSR count). The number of quaternary nitrogens is 1. The third-order valence-corrected chi connectivity index (χ3v) is 4.38. The molecule has 2 N–H and O–H groups in total. The van der Waals surface area contributed by atoms with Crippen molar-refractivity contribution in [2.75, 3.05) is 44.2 Å². The summed E-state index contributed by atoms with van der Waals surface area (Å²) in [5.74, 6) is -0.200. The van der Waals surface area contributed by atoms with Gasteiger partial charge in [-0.1, -0.05) is 30.3 Å². The normalized spacial score (nSPS) is 16.8. The van der Waals surface area contributed by atoms with Crippen LogP contribution in [0.3, 0.4) is 0 Å². The van der Waals surface area contributed by atoms with Crippen LogP contribution < -0.4 is 14.5 Å². The molecule has 1 aliphatic rings. The zero-order chi connectivity index (χ0) is 16.8. The Bertz CT molecular complexity index is 630. The second-order valence-corrected chi connectivity index (χ2v) is 6.17. The van der Waals surface area contributed by atoms with E-state index in [0.717, 1.165) is 26.2 Å². The van der Waals surface area contributed by atoms with E-state index < -0.39 is 11.9 Å². The van der Waals surface area contributed by atoms with Gasteiger partial charge < -0.3 is 19.6 Å². The fourth-order valence-electron chi connectivity index (χ4n) is 3.06. The molecule has 5 heteroatoms. The molecule has 24 heavy (non-hydrogen) atoms. The molecule has 1 heterocycles. The van der Waals surface area contributed by atoms with Gasteiger partial charge in [0, 0.05) is 5.69 Å². The molecule has 0 aliphatic carbocycles. The van der Waals surface area contributed by atoms with E-state index >= 15 is 0 Å². The van der Waals surface area contributed by atoms with Gasteiger partial charge in [-0.25, -0.2) is 4.39 Å². The molecular formula is C19H24FN2O2+. The summed E-state index contributed by atoms with van der Waals surface area (Å²) in [5.41, 5.74) is 1.25. The monoisotopic (exact) mass is 331 g/mol. The number of ether oxygens (including phenoxy) is 1. The lowest BCUT2D eigenvalue weighted by Crippen LogP contribution is -3.16. The molecule has 1 atom stereocenters. The first-order valence-electron chi connectivity index (χ1n) is 8.41. The molecule has 0 spiro atoms. The molecule has 0 aromatic heterocycles. The zero-order valence-corrected chi connectivity index (χ0v) is 13.7. The van der Waals surface area contributed by atoms with Crippen molar-refractivity contribution in [3.8, 4) is 5.75 Å². The molecule has 0 radical (unpaired) electrons. The van der Waals surface area contributed by atoms with Crippen molar-refractivity contribution < 1.29 is 19.1 Å². The van der Waals surface area contributed by atoms with Crippen LogP contribution in [0.5, 0.6) is 5.75 Å². The Morgan fingerprint density at radius 3 is 2.42 bits per heavy atom. The summed E-state index contributed by atoms with van der Waals surface area (Å²) >= 11 is 0. The number of para-hydroxylation sites is 2. The molecule has 4 nitrogen and oxygen atoms in total. The van der Waals surface area contributed by atoms with Crippen molar-refractivity contribution in [3.63, 3.8) is 0 Å². The highest BCUT2D eigenvalue weighted by molar-refractivity contribution is 5.46. The van der Waals surface area contributed by atoms with Crippen LogP contribution in [-0.4, -0.2) is 50.5 Å². The lowest BCUT2D eigenvalue weighted by atomic mass is 10.2. The van der Waals surface area contributed by atoms with Gasteiger partial charge in [0.05, 0.1) is 26.2 Å². The van der Waals surface area contributed by atoms with E-state index in [1.165, 1.54) is 16.7 Å². The quantitative estimate of drug-likeness (QED) is 0.828. The van der Waals surface area contributed by atoms with Gasteiger partial charge in [0.25, 0.3) is 0 Å². The van der Waals surface area contributed by atoms with E-state index in [1.807, 2.05) is 6.07 Å². The van der Waals surface area contributed by atoms with Crippen molar-refractivity contribution in [1.29, 1.82) is 0 Å². The third kappa shape index (κ3) is 4.46. The number of aliphatic hydroxyl groups is 1. The number of hydrogen-bond donors (Lipinski definition) is 2. The lowest BCUT2D eigenvalue weighted by Gasteiger charge is -2.34. The van der Waals surface area contributed by atoms with E-state index in [9.17, 15) is 9.50 Å². The van der Waals surface area contributed by atoms with Gasteiger partial charge in [-0.3, -0.25) is 0 Å². The topological polar surface area (TPSA) is 37.1 Å². The van der Waals surface area contributed by atoms with E-state index in [2.05, 4.69) is 29.2 Å². The maximum Gasteiger partial charge on any atom is 0.165 e. The highest BCUT2D eigenvalue weighted by Gasteiger charge is 2.22. The highest BCUT2D eigenvalue weighted by atomic mass is 19.1. The fourth-order valence-corrected chi connectivity index (χ4v) is 3.06. The van der Waals surface area contributed by atoms with Gasteiger partial charge in [0.2, 0.25) is 0 Å². The zero-order valence-electron chi connectivity index (χ0n) is 13.7. The van der Waals surface area contributed by atoms with Crippen LogP contribution in [0.2, 0.25) is 0 Å². The fraction of sp³-hybridized carbons (Fsp3) is 0.368. The number of anilines is 1. The van der Waals surface area contributed by atoms with Gasteiger partial charge in [-0.15, -0.1) is 0 Å². The first-order chi connectivity index (χ1) is 11.7. The molecule has 0 bridgehead atoms. The van der Waals surface area contributed by atoms with Gasteiger partial charge in [0.15, 0.2) is 11.6 Å². The molecule has 0 amide bonds. The van der Waals surface area contributed by atoms with Gasteiger partial charge in [-0.05, 0) is 24.3 Å². The maximum absolute atomic E-state index is 13.5. The minimum Gasteiger partial charge on any atom is -0.488 e. The van der Waals surface area contributed by atoms with Crippen LogP contribution in [0, 0.1) is 5.82 Å². The summed E-state index contributed by atoms with van der Waals surface area (Å²) in [6.07, 6.45) is -0.595. The van der Waals surface area contributed by atoms with E-state index in [1.54, 1.807) is 18.2 Å². The molecule has 1 saturated heterocycles. The average Bonchev–Trinajstić information content (AvgIpc) is 2.62. The SMILES string of the molecule is O[C@H](COc1ccccc1F)C[NH+]1CCN(c2ccccc2)CC1. The smallest absolute Gasteiger partial charge is 0.165 e. The van der Waals surface area contributed by atoms with Crippen molar-refractivity contribution in [1.82, 2.24) is 0 Å². The Morgan fingerprint density at radius 1 is 1.04 bits per heavy atom. The van der Waals surface area contributed by atoms with E-state index in [4.69, 9.17) is 4.74 Å². The summed E-state index contributed by atoms with van der Waals surface area (Å²) in [6.45, 7) is 4.64. The summed E-state index contributed by atoms with van der Waals surface area (Å²) in [7, 11) is 0. The molecule has 128 valence electrons. The van der Waals surface area contributed by atoms with Crippen molar-refractivity contribution in [3.05, 3.63) is 60.4 Å². The van der Waals surface area contributed by atoms with Gasteiger partial charge in [0.1, 0.15) is 19.3 Å². The number of nitrogens with one attached hydrogen (secondary N) is 1. The number of piperazine rings is 1. The van der Waals surface area contributed by atoms with Crippen molar-refractivity contribution >= 4 is 5.69 Å². The van der Waals surface area contributed by atoms with Crippen LogP contribution in [0.15, 0.2) is 54.6 Å². The second kappa shape index (κ2) is 8.13. The second-order valence-electron chi connectivity index (χ2n) is 6.17. The number of nitrogens with zero attached hydrogens (tertiary/aromatic N) is 1. The first-order valence-corrected chi connectivity index (χ1v) is 8.41. The predicted molar refractivity (Wildman–Crippen MR) is 92.1 cm³/mol. The molecule has 1 aliphatic heterocycles. The van der Waals surface area contributed by atoms with Crippen LogP contribution >= 0.6 is 0 Å². The standard InChI is InChI=1S/C19H23FN2O2/c20-18-8-4-5-9-19(18)24-15-17(23)14-21-10-12-22(13-11-21)16-6-2-1-3-7-16/h1-9,17,23H,10-15H2/p+1/t17-/m0/s1. The van der Waals surface area contributed by atoms with Crippen LogP contribution in [-0.2, 0) is 0 Å². The van der Waals surface area contributed by atoms with Gasteiger partial charge >= 0.3 is 0 Å². The number of rotatable bonds is 6. The molecule has 2 aromatic rings. The van der Waals surface area contributed by atoms with Crippen LogP contribution in [0.4, 0.5) is 10.1 Å². The minimum absolute atomic E-state index is 0.118. The molecular weight excluding hydrogens is 307 g/mol. The number of halogens is 1. The number of hydrogen-bond acceptors (Lipinski definition) is 3. The first kappa shape index (κ1) is 16.7. The molecule has 0 unspecified atom stereocenters. The maximum atomic E-state index is 13.5. The number of aliphatic hydroxyl groups excluding tert-OH is 1. The summed E-state index contributed by atoms with van der Waals surface area (Å²) in [5, 5.41) is 10.2. The van der Waals surface area contributed by atoms with Crippen molar-refractivity contribution in [2.24, 2.45) is 0 Å². The van der Waals surface area contributed by atoms with E-state index in [0.29, 0.717) is 6.54 Å². The third-order valence-electron chi connectivity index (χ3n) is 4.38. The highest BCUT2D eigenvalue weighted by Crippen LogP contribution is 2.15. The van der Waals surface area contributed by atoms with Gasteiger partial charge in [-0.2, -0.15) is 0 Å². The Balaban J connectivity index is 1.42. The Kier molecular flexibility index (Phi) is 5.67.